The standard InChI is InChI=1S/C12H9BrClF2NS/c13-12-7(14)5-11(18-12)10(17)4-6-1-2-8(15)9(16)3-6/h1-3,5,10H,4,17H2. The van der Waals surface area contributed by atoms with Crippen molar-refractivity contribution < 1.29 is 8.78 Å². The highest BCUT2D eigenvalue weighted by atomic mass is 79.9. The van der Waals surface area contributed by atoms with E-state index >= 15 is 0 Å². The Morgan fingerprint density at radius 2 is 2.00 bits per heavy atom. The normalized spacial score (nSPS) is 12.7. The van der Waals surface area contributed by atoms with Crippen molar-refractivity contribution in [1.82, 2.24) is 0 Å². The molecule has 1 atom stereocenters. The molecule has 1 nitrogen and oxygen atoms in total. The fraction of sp³-hybridized carbons (Fsp3) is 0.167. The van der Waals surface area contributed by atoms with Crippen LogP contribution in [0.25, 0.3) is 0 Å². The summed E-state index contributed by atoms with van der Waals surface area (Å²) in [5.74, 6) is -1.71. The second kappa shape index (κ2) is 5.65. The largest absolute Gasteiger partial charge is 0.323 e. The molecule has 0 aliphatic heterocycles. The Kier molecular flexibility index (Phi) is 4.37. The van der Waals surface area contributed by atoms with E-state index in [4.69, 9.17) is 17.3 Å². The van der Waals surface area contributed by atoms with Gasteiger partial charge < -0.3 is 5.73 Å². The van der Waals surface area contributed by atoms with Gasteiger partial charge in [0.15, 0.2) is 11.6 Å². The van der Waals surface area contributed by atoms with Crippen molar-refractivity contribution in [3.8, 4) is 0 Å². The topological polar surface area (TPSA) is 26.0 Å². The highest BCUT2D eigenvalue weighted by molar-refractivity contribution is 9.11. The summed E-state index contributed by atoms with van der Waals surface area (Å²) in [5, 5.41) is 0.607. The smallest absolute Gasteiger partial charge is 0.159 e. The fourth-order valence-electron chi connectivity index (χ4n) is 1.57. The Morgan fingerprint density at radius 1 is 1.28 bits per heavy atom. The second-order valence-corrected chi connectivity index (χ2v) is 6.64. The van der Waals surface area contributed by atoms with Gasteiger partial charge in [-0.1, -0.05) is 17.7 Å². The van der Waals surface area contributed by atoms with Crippen LogP contribution in [-0.2, 0) is 6.42 Å². The van der Waals surface area contributed by atoms with Gasteiger partial charge in [0.05, 0.1) is 8.81 Å². The van der Waals surface area contributed by atoms with Crippen LogP contribution in [0, 0.1) is 11.6 Å². The van der Waals surface area contributed by atoms with Crippen molar-refractivity contribution in [3.05, 3.63) is 55.1 Å². The van der Waals surface area contributed by atoms with Gasteiger partial charge in [-0.05, 0) is 46.1 Å². The van der Waals surface area contributed by atoms with Crippen molar-refractivity contribution in [1.29, 1.82) is 0 Å². The molecular weight excluding hydrogens is 344 g/mol. The first-order chi connectivity index (χ1) is 8.47. The Hall–Kier alpha value is -0.490. The number of nitrogens with two attached hydrogens (primary N) is 1. The summed E-state index contributed by atoms with van der Waals surface area (Å²) in [6.45, 7) is 0. The average molecular weight is 353 g/mol. The fourth-order valence-corrected chi connectivity index (χ4v) is 3.32. The first-order valence-corrected chi connectivity index (χ1v) is 7.10. The number of halogens is 4. The molecule has 0 saturated heterocycles. The molecule has 0 aliphatic rings. The lowest BCUT2D eigenvalue weighted by Crippen LogP contribution is -2.12. The third-order valence-corrected chi connectivity index (χ3v) is 5.08. The highest BCUT2D eigenvalue weighted by Gasteiger charge is 2.13. The minimum Gasteiger partial charge on any atom is -0.323 e. The first kappa shape index (κ1) is 13.9. The molecule has 0 bridgehead atoms. The van der Waals surface area contributed by atoms with Crippen molar-refractivity contribution >= 4 is 38.9 Å². The zero-order valence-corrected chi connectivity index (χ0v) is 12.2. The quantitative estimate of drug-likeness (QED) is 0.852. The predicted octanol–water partition coefficient (Wildman–Crippen LogP) is 4.68. The zero-order valence-electron chi connectivity index (χ0n) is 9.09. The van der Waals surface area contributed by atoms with E-state index in [0.717, 1.165) is 14.7 Å². The minimum atomic E-state index is -0.856. The third-order valence-electron chi connectivity index (χ3n) is 2.47. The molecule has 1 unspecified atom stereocenters. The Balaban J connectivity index is 2.15. The molecule has 1 aromatic heterocycles. The van der Waals surface area contributed by atoms with Gasteiger partial charge in [0.1, 0.15) is 0 Å². The lowest BCUT2D eigenvalue weighted by Gasteiger charge is -2.09. The SMILES string of the molecule is NC(Cc1ccc(F)c(F)c1)c1cc(Cl)c(Br)s1. The van der Waals surface area contributed by atoms with E-state index in [1.807, 2.05) is 0 Å². The van der Waals surface area contributed by atoms with Gasteiger partial charge in [-0.25, -0.2) is 8.78 Å². The summed E-state index contributed by atoms with van der Waals surface area (Å²) in [7, 11) is 0. The van der Waals surface area contributed by atoms with E-state index in [2.05, 4.69) is 15.9 Å². The van der Waals surface area contributed by atoms with Gasteiger partial charge in [-0.3, -0.25) is 0 Å². The van der Waals surface area contributed by atoms with Crippen LogP contribution >= 0.6 is 38.9 Å². The molecule has 0 spiro atoms. The van der Waals surface area contributed by atoms with E-state index in [9.17, 15) is 8.78 Å². The van der Waals surface area contributed by atoms with Crippen LogP contribution in [0.4, 0.5) is 8.78 Å². The maximum absolute atomic E-state index is 13.1. The predicted molar refractivity (Wildman–Crippen MR) is 74.0 cm³/mol. The van der Waals surface area contributed by atoms with E-state index in [1.54, 1.807) is 6.07 Å². The van der Waals surface area contributed by atoms with E-state index in [0.29, 0.717) is 17.0 Å². The number of benzene rings is 1. The van der Waals surface area contributed by atoms with Crippen LogP contribution < -0.4 is 5.73 Å². The van der Waals surface area contributed by atoms with Gasteiger partial charge in [0.25, 0.3) is 0 Å². The maximum Gasteiger partial charge on any atom is 0.159 e. The van der Waals surface area contributed by atoms with Gasteiger partial charge in [-0.15, -0.1) is 11.3 Å². The monoisotopic (exact) mass is 351 g/mol. The number of hydrogen-bond acceptors (Lipinski definition) is 2. The Morgan fingerprint density at radius 3 is 2.56 bits per heavy atom. The molecule has 96 valence electrons. The molecule has 2 rings (SSSR count). The molecule has 0 amide bonds. The summed E-state index contributed by atoms with van der Waals surface area (Å²) in [6, 6.07) is 5.29. The van der Waals surface area contributed by atoms with Crippen molar-refractivity contribution in [2.75, 3.05) is 0 Å². The summed E-state index contributed by atoms with van der Waals surface area (Å²) in [6.07, 6.45) is 0.431. The number of hydrogen-bond donors (Lipinski definition) is 1. The summed E-state index contributed by atoms with van der Waals surface area (Å²) < 4.78 is 26.7. The molecule has 1 aromatic carbocycles. The van der Waals surface area contributed by atoms with Gasteiger partial charge in [0, 0.05) is 10.9 Å². The second-order valence-electron chi connectivity index (χ2n) is 3.83. The summed E-state index contributed by atoms with van der Waals surface area (Å²) in [5.41, 5.74) is 6.67. The molecular formula is C12H9BrClF2NS. The molecule has 2 N–H and O–H groups in total. The highest BCUT2D eigenvalue weighted by Crippen LogP contribution is 2.35. The average Bonchev–Trinajstić information content (AvgIpc) is 2.65. The molecule has 0 radical (unpaired) electrons. The molecule has 2 aromatic rings. The molecule has 18 heavy (non-hydrogen) atoms. The Bertz CT molecular complexity index is 554. The number of rotatable bonds is 3. The van der Waals surface area contributed by atoms with Gasteiger partial charge in [-0.2, -0.15) is 0 Å². The maximum atomic E-state index is 13.1. The number of thiophene rings is 1. The van der Waals surface area contributed by atoms with Crippen molar-refractivity contribution in [2.45, 2.75) is 12.5 Å². The molecule has 6 heteroatoms. The summed E-state index contributed by atoms with van der Waals surface area (Å²) in [4.78, 5) is 0.900. The van der Waals surface area contributed by atoms with E-state index < -0.39 is 11.6 Å². The van der Waals surface area contributed by atoms with Gasteiger partial charge >= 0.3 is 0 Å². The first-order valence-electron chi connectivity index (χ1n) is 5.11. The third kappa shape index (κ3) is 3.09. The lowest BCUT2D eigenvalue weighted by molar-refractivity contribution is 0.506. The van der Waals surface area contributed by atoms with Crippen LogP contribution in [0.15, 0.2) is 28.1 Å². The van der Waals surface area contributed by atoms with Crippen LogP contribution in [0.1, 0.15) is 16.5 Å². The van der Waals surface area contributed by atoms with Crippen molar-refractivity contribution in [2.24, 2.45) is 5.73 Å². The van der Waals surface area contributed by atoms with Crippen LogP contribution in [0.2, 0.25) is 5.02 Å². The Labute approximate surface area is 121 Å². The summed E-state index contributed by atoms with van der Waals surface area (Å²) >= 11 is 10.7. The van der Waals surface area contributed by atoms with Crippen LogP contribution in [0.3, 0.4) is 0 Å². The molecule has 0 saturated carbocycles. The van der Waals surface area contributed by atoms with Gasteiger partial charge in [0.2, 0.25) is 0 Å². The molecule has 1 heterocycles. The zero-order chi connectivity index (χ0) is 13.3. The van der Waals surface area contributed by atoms with Crippen LogP contribution in [0.5, 0.6) is 0 Å². The van der Waals surface area contributed by atoms with Crippen molar-refractivity contribution in [3.63, 3.8) is 0 Å². The van der Waals surface area contributed by atoms with Crippen LogP contribution in [-0.4, -0.2) is 0 Å². The van der Waals surface area contributed by atoms with E-state index in [1.165, 1.54) is 23.5 Å². The van der Waals surface area contributed by atoms with E-state index in [-0.39, 0.29) is 6.04 Å². The molecule has 0 fully saturated rings. The molecule has 0 aliphatic carbocycles. The minimum absolute atomic E-state index is 0.288. The lowest BCUT2D eigenvalue weighted by atomic mass is 10.1.